The van der Waals surface area contributed by atoms with Gasteiger partial charge < -0.3 is 15.5 Å². The first-order valence-electron chi connectivity index (χ1n) is 28.0. The van der Waals surface area contributed by atoms with E-state index in [2.05, 4.69) is 67.8 Å². The smallest absolute Gasteiger partial charge is 0.220 e. The molecule has 0 aliphatic rings. The lowest BCUT2D eigenvalue weighted by molar-refractivity contribution is -0.123. The van der Waals surface area contributed by atoms with Crippen LogP contribution in [-0.2, 0) is 4.79 Å². The van der Waals surface area contributed by atoms with Gasteiger partial charge in [0, 0.05) is 6.42 Å². The van der Waals surface area contributed by atoms with E-state index in [1.54, 1.807) is 6.08 Å². The van der Waals surface area contributed by atoms with Gasteiger partial charge in [0.15, 0.2) is 0 Å². The molecule has 0 bridgehead atoms. The van der Waals surface area contributed by atoms with Gasteiger partial charge in [-0.15, -0.1) is 0 Å². The Balaban J connectivity index is 3.35. The summed E-state index contributed by atoms with van der Waals surface area (Å²) in [5, 5.41) is 23.0. The molecule has 4 heteroatoms. The largest absolute Gasteiger partial charge is 0.394 e. The van der Waals surface area contributed by atoms with Crippen molar-refractivity contribution in [2.24, 2.45) is 0 Å². The summed E-state index contributed by atoms with van der Waals surface area (Å²) in [5.41, 5.74) is 0. The lowest BCUT2D eigenvalue weighted by Gasteiger charge is -2.20. The summed E-state index contributed by atoms with van der Waals surface area (Å²) in [6.45, 7) is 4.19. The molecule has 368 valence electrons. The lowest BCUT2D eigenvalue weighted by atomic mass is 10.0. The Bertz CT molecular complexity index is 1040. The van der Waals surface area contributed by atoms with Gasteiger partial charge in [-0.3, -0.25) is 4.79 Å². The zero-order chi connectivity index (χ0) is 45.6. The highest BCUT2D eigenvalue weighted by atomic mass is 16.3. The van der Waals surface area contributed by atoms with Gasteiger partial charge in [0.1, 0.15) is 0 Å². The van der Waals surface area contributed by atoms with Gasteiger partial charge >= 0.3 is 0 Å². The lowest BCUT2D eigenvalue weighted by Crippen LogP contribution is -2.45. The molecule has 0 saturated heterocycles. The number of hydrogen-bond donors (Lipinski definition) is 3. The number of carbonyl (C=O) groups is 1. The third-order valence-corrected chi connectivity index (χ3v) is 12.8. The molecule has 0 aromatic rings. The van der Waals surface area contributed by atoms with Crippen molar-refractivity contribution in [3.05, 3.63) is 60.8 Å². The van der Waals surface area contributed by atoms with Crippen molar-refractivity contribution in [2.45, 2.75) is 302 Å². The molecule has 0 spiro atoms. The average molecular weight is 881 g/mol. The number of aliphatic hydroxyl groups excluding tert-OH is 2. The maximum atomic E-state index is 12.4. The van der Waals surface area contributed by atoms with Crippen LogP contribution >= 0.6 is 0 Å². The molecule has 2 unspecified atom stereocenters. The second-order valence-electron chi connectivity index (χ2n) is 19.0. The van der Waals surface area contributed by atoms with Crippen molar-refractivity contribution in [2.75, 3.05) is 6.61 Å². The van der Waals surface area contributed by atoms with Crippen molar-refractivity contribution < 1.29 is 15.0 Å². The first-order chi connectivity index (χ1) is 31.2. The topological polar surface area (TPSA) is 69.6 Å². The number of unbranched alkanes of at least 4 members (excludes halogenated alkanes) is 36. The van der Waals surface area contributed by atoms with Crippen LogP contribution in [0.3, 0.4) is 0 Å². The molecular formula is C59H109NO3. The number of nitrogens with one attached hydrogen (secondary N) is 1. The summed E-state index contributed by atoms with van der Waals surface area (Å²) in [6, 6.07) is -0.619. The fraction of sp³-hybridized carbons (Fsp3) is 0.814. The number of amides is 1. The number of hydrogen-bond acceptors (Lipinski definition) is 3. The van der Waals surface area contributed by atoms with Crippen LogP contribution in [-0.4, -0.2) is 34.9 Å². The Morgan fingerprint density at radius 3 is 1.05 bits per heavy atom. The van der Waals surface area contributed by atoms with Gasteiger partial charge in [-0.05, 0) is 57.8 Å². The van der Waals surface area contributed by atoms with Crippen LogP contribution in [0.1, 0.15) is 290 Å². The highest BCUT2D eigenvalue weighted by Gasteiger charge is 2.18. The molecule has 0 radical (unpaired) electrons. The molecule has 0 fully saturated rings. The van der Waals surface area contributed by atoms with E-state index in [0.29, 0.717) is 6.42 Å². The molecule has 0 aromatic heterocycles. The molecule has 2 atom stereocenters. The van der Waals surface area contributed by atoms with Crippen LogP contribution in [0.5, 0.6) is 0 Å². The third-order valence-electron chi connectivity index (χ3n) is 12.8. The van der Waals surface area contributed by atoms with Gasteiger partial charge in [0.2, 0.25) is 5.91 Å². The standard InChI is InChI=1S/C59H109NO3/c1-3-5-7-9-11-13-15-16-17-18-19-20-21-22-23-24-25-26-27-28-29-30-31-32-33-34-35-36-37-38-39-40-41-42-43-44-45-47-49-51-53-55-59(63)60-57(56-61)58(62)54-52-50-48-46-14-12-10-8-6-4-2/h5,7,11,13,16-17,19-20,52,54,57-58,61-62H,3-4,6,8-10,12,14-15,18,21-51,53,55-56H2,1-2H3,(H,60,63)/b7-5-,13-11-,17-16-,20-19-,54-52+. The maximum absolute atomic E-state index is 12.4. The Hall–Kier alpha value is -1.91. The van der Waals surface area contributed by atoms with Gasteiger partial charge in [0.05, 0.1) is 18.8 Å². The van der Waals surface area contributed by atoms with Crippen LogP contribution in [0, 0.1) is 0 Å². The van der Waals surface area contributed by atoms with Crippen LogP contribution < -0.4 is 5.32 Å². The zero-order valence-corrected chi connectivity index (χ0v) is 42.3. The monoisotopic (exact) mass is 880 g/mol. The highest BCUT2D eigenvalue weighted by Crippen LogP contribution is 2.17. The third kappa shape index (κ3) is 50.9. The van der Waals surface area contributed by atoms with Crippen molar-refractivity contribution in [3.63, 3.8) is 0 Å². The Labute approximate surface area is 394 Å². The average Bonchev–Trinajstić information content (AvgIpc) is 3.29. The summed E-state index contributed by atoms with van der Waals surface area (Å²) < 4.78 is 0. The summed E-state index contributed by atoms with van der Waals surface area (Å²) in [6.07, 6.45) is 77.0. The zero-order valence-electron chi connectivity index (χ0n) is 42.3. The molecule has 0 aliphatic heterocycles. The molecule has 0 rings (SSSR count). The highest BCUT2D eigenvalue weighted by molar-refractivity contribution is 5.76. The predicted molar refractivity (Wildman–Crippen MR) is 281 cm³/mol. The van der Waals surface area contributed by atoms with Gasteiger partial charge in [-0.2, -0.15) is 0 Å². The van der Waals surface area contributed by atoms with Crippen molar-refractivity contribution >= 4 is 5.91 Å². The van der Waals surface area contributed by atoms with E-state index in [9.17, 15) is 15.0 Å². The molecule has 4 nitrogen and oxygen atoms in total. The Kier molecular flexibility index (Phi) is 52.8. The molecule has 0 aromatic carbocycles. The van der Waals surface area contributed by atoms with Gasteiger partial charge in [-0.1, -0.05) is 286 Å². The first-order valence-corrected chi connectivity index (χ1v) is 28.0. The quantitative estimate of drug-likeness (QED) is 0.0421. The normalized spacial score (nSPS) is 13.3. The van der Waals surface area contributed by atoms with Crippen molar-refractivity contribution in [1.29, 1.82) is 0 Å². The summed E-state index contributed by atoms with van der Waals surface area (Å²) in [5.74, 6) is -0.0619. The van der Waals surface area contributed by atoms with E-state index in [0.717, 1.165) is 51.4 Å². The Morgan fingerprint density at radius 2 is 0.698 bits per heavy atom. The second kappa shape index (κ2) is 54.4. The van der Waals surface area contributed by atoms with Crippen LogP contribution in [0.15, 0.2) is 60.8 Å². The minimum Gasteiger partial charge on any atom is -0.394 e. The first kappa shape index (κ1) is 61.1. The van der Waals surface area contributed by atoms with E-state index in [1.807, 2.05) is 6.08 Å². The fourth-order valence-corrected chi connectivity index (χ4v) is 8.53. The summed E-state index contributed by atoms with van der Waals surface area (Å²) in [4.78, 5) is 12.4. The van der Waals surface area contributed by atoms with E-state index in [-0.39, 0.29) is 12.5 Å². The maximum Gasteiger partial charge on any atom is 0.220 e. The van der Waals surface area contributed by atoms with Crippen LogP contribution in [0.25, 0.3) is 0 Å². The van der Waals surface area contributed by atoms with Crippen LogP contribution in [0.2, 0.25) is 0 Å². The number of allylic oxidation sites excluding steroid dienone is 9. The molecule has 63 heavy (non-hydrogen) atoms. The molecule has 0 heterocycles. The number of rotatable bonds is 51. The summed E-state index contributed by atoms with van der Waals surface area (Å²) in [7, 11) is 0. The SMILES string of the molecule is CC/C=C\C/C=C\C/C=C\C/C=C\CCCCCCCCCCCCCCCCCCCCCCCCCCCCCCC(=O)NC(CO)C(O)/C=C/CCCCCCCCCC. The van der Waals surface area contributed by atoms with E-state index in [1.165, 1.54) is 218 Å². The van der Waals surface area contributed by atoms with E-state index < -0.39 is 12.1 Å². The molecule has 1 amide bonds. The predicted octanol–water partition coefficient (Wildman–Crippen LogP) is 18.4. The van der Waals surface area contributed by atoms with Crippen LogP contribution in [0.4, 0.5) is 0 Å². The molecule has 3 N–H and O–H groups in total. The number of aliphatic hydroxyl groups is 2. The molecule has 0 saturated carbocycles. The fourth-order valence-electron chi connectivity index (χ4n) is 8.53. The molecular weight excluding hydrogens is 771 g/mol. The van der Waals surface area contributed by atoms with Crippen molar-refractivity contribution in [3.8, 4) is 0 Å². The van der Waals surface area contributed by atoms with Gasteiger partial charge in [0.25, 0.3) is 0 Å². The van der Waals surface area contributed by atoms with E-state index in [4.69, 9.17) is 0 Å². The summed E-state index contributed by atoms with van der Waals surface area (Å²) >= 11 is 0. The minimum absolute atomic E-state index is 0.0619. The number of carbonyl (C=O) groups excluding carboxylic acids is 1. The molecule has 0 aliphatic carbocycles. The van der Waals surface area contributed by atoms with E-state index >= 15 is 0 Å². The minimum atomic E-state index is -0.835. The van der Waals surface area contributed by atoms with Gasteiger partial charge in [-0.25, -0.2) is 0 Å². The van der Waals surface area contributed by atoms with Crippen molar-refractivity contribution in [1.82, 2.24) is 5.32 Å². The Morgan fingerprint density at radius 1 is 0.397 bits per heavy atom. The second-order valence-corrected chi connectivity index (χ2v) is 19.0.